The third-order valence-corrected chi connectivity index (χ3v) is 3.18. The number of pyridine rings is 1. The number of para-hydroxylation sites is 2. The van der Waals surface area contributed by atoms with Gasteiger partial charge in [-0.05, 0) is 24.6 Å². The summed E-state index contributed by atoms with van der Waals surface area (Å²) in [6.07, 6.45) is 1.32. The molecule has 0 spiro atoms. The van der Waals surface area contributed by atoms with Crippen molar-refractivity contribution in [3.63, 3.8) is 0 Å². The fourth-order valence-electron chi connectivity index (χ4n) is 1.90. The van der Waals surface area contributed by atoms with Crippen LogP contribution >= 0.6 is 0 Å². The molecular formula is C15H13N3O3. The van der Waals surface area contributed by atoms with Gasteiger partial charge in [0, 0.05) is 13.3 Å². The van der Waals surface area contributed by atoms with Crippen molar-refractivity contribution in [2.24, 2.45) is 12.0 Å². The van der Waals surface area contributed by atoms with E-state index in [1.54, 1.807) is 25.1 Å². The SMILES string of the molecule is Cc1c(C=Nc2ccccc2O)c(O)n(C)c(=O)c1C#N. The van der Waals surface area contributed by atoms with Crippen molar-refractivity contribution in [2.45, 2.75) is 6.92 Å². The molecule has 0 bridgehead atoms. The van der Waals surface area contributed by atoms with E-state index in [9.17, 15) is 15.0 Å². The Hall–Kier alpha value is -3.07. The predicted molar refractivity (Wildman–Crippen MR) is 78.2 cm³/mol. The molecule has 0 atom stereocenters. The molecule has 0 saturated carbocycles. The standard InChI is InChI=1S/C15H13N3O3/c1-9-10(7-16)14(20)18(2)15(21)11(9)8-17-12-5-3-4-6-13(12)19/h3-6,8,19,21H,1-2H3. The monoisotopic (exact) mass is 283 g/mol. The van der Waals surface area contributed by atoms with Crippen LogP contribution in [0.2, 0.25) is 0 Å². The van der Waals surface area contributed by atoms with E-state index in [4.69, 9.17) is 5.26 Å². The van der Waals surface area contributed by atoms with E-state index in [0.29, 0.717) is 11.3 Å². The van der Waals surface area contributed by atoms with Crippen LogP contribution in [0.25, 0.3) is 0 Å². The highest BCUT2D eigenvalue weighted by Gasteiger charge is 2.15. The number of nitriles is 1. The highest BCUT2D eigenvalue weighted by Crippen LogP contribution is 2.26. The molecule has 0 aliphatic carbocycles. The Balaban J connectivity index is 2.61. The van der Waals surface area contributed by atoms with Crippen molar-refractivity contribution in [3.8, 4) is 17.7 Å². The van der Waals surface area contributed by atoms with Crippen LogP contribution in [-0.4, -0.2) is 21.0 Å². The van der Waals surface area contributed by atoms with Crippen LogP contribution in [0, 0.1) is 18.3 Å². The third-order valence-electron chi connectivity index (χ3n) is 3.18. The topological polar surface area (TPSA) is 98.6 Å². The number of hydrogen-bond donors (Lipinski definition) is 2. The van der Waals surface area contributed by atoms with Crippen molar-refractivity contribution in [1.82, 2.24) is 4.57 Å². The highest BCUT2D eigenvalue weighted by atomic mass is 16.3. The maximum absolute atomic E-state index is 11.8. The molecule has 0 unspecified atom stereocenters. The first-order chi connectivity index (χ1) is 9.97. The molecule has 0 aliphatic rings. The minimum atomic E-state index is -0.563. The fraction of sp³-hybridized carbons (Fsp3) is 0.133. The number of nitrogens with zero attached hydrogens (tertiary/aromatic N) is 3. The molecule has 0 aliphatic heterocycles. The average molecular weight is 283 g/mol. The van der Waals surface area contributed by atoms with Crippen molar-refractivity contribution in [3.05, 3.63) is 51.3 Å². The van der Waals surface area contributed by atoms with Crippen LogP contribution in [0.5, 0.6) is 11.6 Å². The second-order valence-corrected chi connectivity index (χ2v) is 4.46. The van der Waals surface area contributed by atoms with Crippen LogP contribution < -0.4 is 5.56 Å². The summed E-state index contributed by atoms with van der Waals surface area (Å²) in [4.78, 5) is 15.9. The first-order valence-corrected chi connectivity index (χ1v) is 6.12. The van der Waals surface area contributed by atoms with E-state index in [1.165, 1.54) is 19.3 Å². The van der Waals surface area contributed by atoms with E-state index in [0.717, 1.165) is 4.57 Å². The molecule has 6 nitrogen and oxygen atoms in total. The Bertz CT molecular complexity index is 829. The van der Waals surface area contributed by atoms with Crippen LogP contribution in [0.1, 0.15) is 16.7 Å². The van der Waals surface area contributed by atoms with Gasteiger partial charge in [0.25, 0.3) is 5.56 Å². The molecule has 1 aromatic heterocycles. The number of phenols is 1. The lowest BCUT2D eigenvalue weighted by Crippen LogP contribution is -2.22. The molecule has 0 amide bonds. The molecule has 21 heavy (non-hydrogen) atoms. The molecule has 1 heterocycles. The number of rotatable bonds is 2. The lowest BCUT2D eigenvalue weighted by Gasteiger charge is -2.09. The zero-order valence-corrected chi connectivity index (χ0v) is 11.5. The van der Waals surface area contributed by atoms with Crippen molar-refractivity contribution in [2.75, 3.05) is 0 Å². The van der Waals surface area contributed by atoms with Gasteiger partial charge in [0.05, 0.1) is 5.56 Å². The normalized spacial score (nSPS) is 10.7. The number of phenolic OH excluding ortho intramolecular Hbond substituents is 1. The molecule has 0 radical (unpaired) electrons. The van der Waals surface area contributed by atoms with E-state index < -0.39 is 5.56 Å². The quantitative estimate of drug-likeness (QED) is 0.820. The van der Waals surface area contributed by atoms with Crippen LogP contribution in [0.15, 0.2) is 34.1 Å². The number of hydrogen-bond acceptors (Lipinski definition) is 5. The Morgan fingerprint density at radius 2 is 2.00 bits per heavy atom. The average Bonchev–Trinajstić information content (AvgIpc) is 2.47. The first kappa shape index (κ1) is 14.3. The van der Waals surface area contributed by atoms with Gasteiger partial charge in [-0.2, -0.15) is 5.26 Å². The van der Waals surface area contributed by atoms with Gasteiger partial charge in [0.1, 0.15) is 23.1 Å². The third kappa shape index (κ3) is 2.49. The van der Waals surface area contributed by atoms with Gasteiger partial charge in [-0.15, -0.1) is 0 Å². The van der Waals surface area contributed by atoms with Gasteiger partial charge in [0.15, 0.2) is 0 Å². The summed E-state index contributed by atoms with van der Waals surface area (Å²) in [5, 5.41) is 28.7. The summed E-state index contributed by atoms with van der Waals surface area (Å²) in [6, 6.07) is 8.29. The van der Waals surface area contributed by atoms with Crippen molar-refractivity contribution < 1.29 is 10.2 Å². The maximum Gasteiger partial charge on any atom is 0.271 e. The molecule has 106 valence electrons. The molecule has 2 N–H and O–H groups in total. The predicted octanol–water partition coefficient (Wildman–Crippen LogP) is 1.73. The second-order valence-electron chi connectivity index (χ2n) is 4.46. The van der Waals surface area contributed by atoms with Crippen molar-refractivity contribution >= 4 is 11.9 Å². The summed E-state index contributed by atoms with van der Waals surface area (Å²) in [5.74, 6) is -0.285. The van der Waals surface area contributed by atoms with Gasteiger partial charge in [-0.25, -0.2) is 0 Å². The minimum Gasteiger partial charge on any atom is -0.506 e. The molecule has 2 rings (SSSR count). The van der Waals surface area contributed by atoms with Crippen molar-refractivity contribution in [1.29, 1.82) is 5.26 Å². The number of benzene rings is 1. The summed E-state index contributed by atoms with van der Waals surface area (Å²) in [5.41, 5.74) is 0.319. The van der Waals surface area contributed by atoms with Crippen LogP contribution in [0.3, 0.4) is 0 Å². The summed E-state index contributed by atoms with van der Waals surface area (Å²) in [6.45, 7) is 1.56. The van der Waals surface area contributed by atoms with E-state index in [-0.39, 0.29) is 22.8 Å². The van der Waals surface area contributed by atoms with Crippen LogP contribution in [0.4, 0.5) is 5.69 Å². The molecule has 6 heteroatoms. The molecule has 0 fully saturated rings. The van der Waals surface area contributed by atoms with E-state index in [1.807, 2.05) is 6.07 Å². The zero-order chi connectivity index (χ0) is 15.6. The number of aromatic hydroxyl groups is 2. The van der Waals surface area contributed by atoms with Gasteiger partial charge in [-0.1, -0.05) is 12.1 Å². The number of aromatic nitrogens is 1. The lowest BCUT2D eigenvalue weighted by molar-refractivity contribution is 0.421. The maximum atomic E-state index is 11.8. The summed E-state index contributed by atoms with van der Waals surface area (Å²) >= 11 is 0. The molecule has 0 saturated heterocycles. The van der Waals surface area contributed by atoms with Gasteiger partial charge in [0.2, 0.25) is 5.88 Å². The molecular weight excluding hydrogens is 270 g/mol. The van der Waals surface area contributed by atoms with Crippen LogP contribution in [-0.2, 0) is 7.05 Å². The zero-order valence-electron chi connectivity index (χ0n) is 11.5. The number of aliphatic imine (C=N–C) groups is 1. The Labute approximate surface area is 120 Å². The smallest absolute Gasteiger partial charge is 0.271 e. The van der Waals surface area contributed by atoms with Gasteiger partial charge >= 0.3 is 0 Å². The fourth-order valence-corrected chi connectivity index (χ4v) is 1.90. The van der Waals surface area contributed by atoms with Gasteiger partial charge in [-0.3, -0.25) is 14.4 Å². The highest BCUT2D eigenvalue weighted by molar-refractivity contribution is 5.87. The molecule has 1 aromatic carbocycles. The summed E-state index contributed by atoms with van der Waals surface area (Å²) < 4.78 is 0.984. The summed E-state index contributed by atoms with van der Waals surface area (Å²) in [7, 11) is 1.37. The van der Waals surface area contributed by atoms with E-state index in [2.05, 4.69) is 4.99 Å². The lowest BCUT2D eigenvalue weighted by atomic mass is 10.1. The Kier molecular flexibility index (Phi) is 3.76. The second kappa shape index (κ2) is 5.51. The largest absolute Gasteiger partial charge is 0.506 e. The van der Waals surface area contributed by atoms with Gasteiger partial charge < -0.3 is 10.2 Å². The van der Waals surface area contributed by atoms with E-state index >= 15 is 0 Å². The Morgan fingerprint density at radius 3 is 2.62 bits per heavy atom. The molecule has 2 aromatic rings. The minimum absolute atomic E-state index is 0.00350. The Morgan fingerprint density at radius 1 is 1.33 bits per heavy atom. The first-order valence-electron chi connectivity index (χ1n) is 6.12.